The van der Waals surface area contributed by atoms with Crippen molar-refractivity contribution < 1.29 is 13.2 Å². The summed E-state index contributed by atoms with van der Waals surface area (Å²) in [5.74, 6) is 0.504. The summed E-state index contributed by atoms with van der Waals surface area (Å²) in [6.45, 7) is 1.93. The third-order valence-electron chi connectivity index (χ3n) is 2.67. The Morgan fingerprint density at radius 1 is 1.32 bits per heavy atom. The minimum absolute atomic E-state index is 0.0113. The molecule has 0 spiro atoms. The Balaban J connectivity index is 2.66. The SMILES string of the molecule is CCCc1n[nH]c(=S)n1-c1ccccc1C(F)(F)F. The van der Waals surface area contributed by atoms with Gasteiger partial charge in [-0.15, -0.1) is 0 Å². The van der Waals surface area contributed by atoms with Gasteiger partial charge in [-0.05, 0) is 30.8 Å². The van der Waals surface area contributed by atoms with Crippen LogP contribution in [0, 0.1) is 4.77 Å². The van der Waals surface area contributed by atoms with Crippen LogP contribution in [-0.2, 0) is 12.6 Å². The first-order valence-corrected chi connectivity index (χ1v) is 6.19. The fourth-order valence-electron chi connectivity index (χ4n) is 1.88. The fourth-order valence-corrected chi connectivity index (χ4v) is 2.13. The lowest BCUT2D eigenvalue weighted by Crippen LogP contribution is -2.12. The molecule has 0 saturated carbocycles. The van der Waals surface area contributed by atoms with Gasteiger partial charge < -0.3 is 0 Å². The van der Waals surface area contributed by atoms with Gasteiger partial charge in [0.15, 0.2) is 4.77 Å². The minimum atomic E-state index is -4.42. The molecule has 1 N–H and O–H groups in total. The molecule has 0 unspecified atom stereocenters. The lowest BCUT2D eigenvalue weighted by molar-refractivity contribution is -0.137. The number of alkyl halides is 3. The van der Waals surface area contributed by atoms with Gasteiger partial charge in [0, 0.05) is 6.42 Å². The zero-order valence-corrected chi connectivity index (χ0v) is 11.0. The third-order valence-corrected chi connectivity index (χ3v) is 2.94. The molecule has 7 heteroatoms. The number of aryl methyl sites for hydroxylation is 1. The van der Waals surface area contributed by atoms with Gasteiger partial charge in [0.1, 0.15) is 5.82 Å². The topological polar surface area (TPSA) is 33.6 Å². The van der Waals surface area contributed by atoms with Crippen LogP contribution in [0.4, 0.5) is 13.2 Å². The van der Waals surface area contributed by atoms with Crippen LogP contribution < -0.4 is 0 Å². The molecule has 19 heavy (non-hydrogen) atoms. The third kappa shape index (κ3) is 2.70. The first-order chi connectivity index (χ1) is 8.95. The molecule has 0 radical (unpaired) electrons. The standard InChI is InChI=1S/C12H12F3N3S/c1-2-5-10-16-17-11(19)18(10)9-7-4-3-6-8(9)12(13,14)15/h3-4,6-7H,2,5H2,1H3,(H,17,19). The van der Waals surface area contributed by atoms with Gasteiger partial charge in [0.25, 0.3) is 0 Å². The molecular weight excluding hydrogens is 275 g/mol. The second-order valence-electron chi connectivity index (χ2n) is 4.05. The summed E-state index contributed by atoms with van der Waals surface area (Å²) in [7, 11) is 0. The first-order valence-electron chi connectivity index (χ1n) is 5.78. The minimum Gasteiger partial charge on any atom is -0.272 e. The second-order valence-corrected chi connectivity index (χ2v) is 4.43. The van der Waals surface area contributed by atoms with E-state index in [9.17, 15) is 13.2 Å². The van der Waals surface area contributed by atoms with Crippen molar-refractivity contribution in [3.8, 4) is 5.69 Å². The van der Waals surface area contributed by atoms with Crippen molar-refractivity contribution in [1.29, 1.82) is 0 Å². The number of halogens is 3. The Bertz CT molecular complexity index is 628. The van der Waals surface area contributed by atoms with E-state index in [2.05, 4.69) is 10.2 Å². The van der Waals surface area contributed by atoms with E-state index in [0.717, 1.165) is 12.5 Å². The number of para-hydroxylation sites is 1. The monoisotopic (exact) mass is 287 g/mol. The number of aromatic amines is 1. The number of hydrogen-bond donors (Lipinski definition) is 1. The molecule has 0 atom stereocenters. The van der Waals surface area contributed by atoms with Crippen LogP contribution >= 0.6 is 12.2 Å². The number of benzene rings is 1. The molecule has 3 nitrogen and oxygen atoms in total. The molecule has 0 aliphatic heterocycles. The molecule has 0 aliphatic carbocycles. The van der Waals surface area contributed by atoms with E-state index < -0.39 is 11.7 Å². The van der Waals surface area contributed by atoms with Crippen LogP contribution in [-0.4, -0.2) is 14.8 Å². The molecule has 0 aliphatic rings. The number of H-pyrrole nitrogens is 1. The number of nitrogens with zero attached hydrogens (tertiary/aromatic N) is 2. The Morgan fingerprint density at radius 2 is 2.00 bits per heavy atom. The molecule has 1 heterocycles. The number of nitrogens with one attached hydrogen (secondary N) is 1. The Labute approximate surface area is 113 Å². The van der Waals surface area contributed by atoms with Crippen LogP contribution in [0.1, 0.15) is 24.7 Å². The van der Waals surface area contributed by atoms with Crippen LogP contribution in [0.2, 0.25) is 0 Å². The van der Waals surface area contributed by atoms with Gasteiger partial charge >= 0.3 is 6.18 Å². The molecule has 0 saturated heterocycles. The zero-order valence-electron chi connectivity index (χ0n) is 10.2. The smallest absolute Gasteiger partial charge is 0.272 e. The molecule has 0 amide bonds. The molecule has 0 bridgehead atoms. The van der Waals surface area contributed by atoms with Gasteiger partial charge in [0.2, 0.25) is 0 Å². The van der Waals surface area contributed by atoms with E-state index >= 15 is 0 Å². The quantitative estimate of drug-likeness (QED) is 0.869. The summed E-state index contributed by atoms with van der Waals surface area (Å²) in [5.41, 5.74) is -0.706. The lowest BCUT2D eigenvalue weighted by atomic mass is 10.1. The number of rotatable bonds is 3. The molecule has 1 aromatic carbocycles. The van der Waals surface area contributed by atoms with Crippen LogP contribution in [0.5, 0.6) is 0 Å². The maximum Gasteiger partial charge on any atom is 0.418 e. The summed E-state index contributed by atoms with van der Waals surface area (Å²) in [6.07, 6.45) is -3.10. The van der Waals surface area contributed by atoms with E-state index in [0.29, 0.717) is 12.2 Å². The summed E-state index contributed by atoms with van der Waals surface area (Å²) in [5, 5.41) is 6.53. The highest BCUT2D eigenvalue weighted by Gasteiger charge is 2.34. The Hall–Kier alpha value is -1.63. The maximum atomic E-state index is 13.0. The van der Waals surface area contributed by atoms with Gasteiger partial charge in [-0.2, -0.15) is 18.3 Å². The van der Waals surface area contributed by atoms with Crippen molar-refractivity contribution in [2.75, 3.05) is 0 Å². The maximum absolute atomic E-state index is 13.0. The van der Waals surface area contributed by atoms with Crippen molar-refractivity contribution in [2.45, 2.75) is 25.9 Å². The van der Waals surface area contributed by atoms with Gasteiger partial charge in [0.05, 0.1) is 11.3 Å². The lowest BCUT2D eigenvalue weighted by Gasteiger charge is -2.14. The van der Waals surface area contributed by atoms with Crippen LogP contribution in [0.25, 0.3) is 5.69 Å². The predicted molar refractivity (Wildman–Crippen MR) is 67.7 cm³/mol. The first kappa shape index (κ1) is 13.8. The predicted octanol–water partition coefficient (Wildman–Crippen LogP) is 3.90. The van der Waals surface area contributed by atoms with E-state index in [-0.39, 0.29) is 10.5 Å². The number of aromatic nitrogens is 3. The summed E-state index contributed by atoms with van der Waals surface area (Å²) in [4.78, 5) is 0. The average molecular weight is 287 g/mol. The van der Waals surface area contributed by atoms with E-state index in [4.69, 9.17) is 12.2 Å². The molecular formula is C12H12F3N3S. The highest BCUT2D eigenvalue weighted by atomic mass is 32.1. The molecule has 1 aromatic heterocycles. The second kappa shape index (κ2) is 5.16. The van der Waals surface area contributed by atoms with E-state index in [1.54, 1.807) is 6.07 Å². The van der Waals surface area contributed by atoms with E-state index in [1.165, 1.54) is 16.7 Å². The van der Waals surface area contributed by atoms with Crippen molar-refractivity contribution in [1.82, 2.24) is 14.8 Å². The summed E-state index contributed by atoms with van der Waals surface area (Å²) in [6, 6.07) is 5.34. The zero-order chi connectivity index (χ0) is 14.0. The molecule has 102 valence electrons. The average Bonchev–Trinajstić information content (AvgIpc) is 2.70. The Morgan fingerprint density at radius 3 is 2.63 bits per heavy atom. The fraction of sp³-hybridized carbons (Fsp3) is 0.333. The van der Waals surface area contributed by atoms with Crippen molar-refractivity contribution >= 4 is 12.2 Å². The van der Waals surface area contributed by atoms with Crippen LogP contribution in [0.15, 0.2) is 24.3 Å². The van der Waals surface area contributed by atoms with Crippen molar-refractivity contribution in [2.24, 2.45) is 0 Å². The molecule has 2 rings (SSSR count). The highest BCUT2D eigenvalue weighted by molar-refractivity contribution is 7.71. The Kier molecular flexibility index (Phi) is 3.75. The van der Waals surface area contributed by atoms with Gasteiger partial charge in [-0.1, -0.05) is 19.1 Å². The van der Waals surface area contributed by atoms with Crippen molar-refractivity contribution in [3.05, 3.63) is 40.4 Å². The largest absolute Gasteiger partial charge is 0.418 e. The summed E-state index contributed by atoms with van der Waals surface area (Å²) >= 11 is 5.03. The highest BCUT2D eigenvalue weighted by Crippen LogP contribution is 2.34. The van der Waals surface area contributed by atoms with E-state index in [1.807, 2.05) is 6.92 Å². The molecule has 2 aromatic rings. The summed E-state index contributed by atoms with van der Waals surface area (Å²) < 4.78 is 40.6. The van der Waals surface area contributed by atoms with Gasteiger partial charge in [-0.25, -0.2) is 0 Å². The van der Waals surface area contributed by atoms with Crippen LogP contribution in [0.3, 0.4) is 0 Å². The molecule has 0 fully saturated rings. The normalized spacial score (nSPS) is 11.8. The van der Waals surface area contributed by atoms with Crippen molar-refractivity contribution in [3.63, 3.8) is 0 Å². The van der Waals surface area contributed by atoms with Gasteiger partial charge in [-0.3, -0.25) is 9.67 Å². The number of hydrogen-bond acceptors (Lipinski definition) is 2.